The number of halogens is 2. The smallest absolute Gasteiger partial charge is 1.00 e. The summed E-state index contributed by atoms with van der Waals surface area (Å²) < 4.78 is 0. The Labute approximate surface area is 100 Å². The van der Waals surface area contributed by atoms with Gasteiger partial charge in [0.25, 0.3) is 0 Å². The van der Waals surface area contributed by atoms with Crippen LogP contribution in [0.2, 0.25) is 0 Å². The summed E-state index contributed by atoms with van der Waals surface area (Å²) in [6, 6.07) is 5.86. The maximum absolute atomic E-state index is 4.50. The van der Waals surface area contributed by atoms with Crippen LogP contribution in [0, 0.1) is 6.92 Å². The van der Waals surface area contributed by atoms with E-state index >= 15 is 0 Å². The van der Waals surface area contributed by atoms with E-state index in [1.54, 1.807) is 6.20 Å². The largest absolute Gasteiger partial charge is 2.00 e. The predicted molar refractivity (Wildman–Crippen MR) is 39.1 cm³/mol. The first kappa shape index (κ1) is 22.8. The topological polar surface area (TPSA) is 38.9 Å². The van der Waals surface area contributed by atoms with E-state index in [-0.39, 0.29) is 45.9 Å². The molecule has 12 heavy (non-hydrogen) atoms. The van der Waals surface area contributed by atoms with Gasteiger partial charge in [0.1, 0.15) is 0 Å². The molecule has 0 aromatic carbocycles. The molecule has 1 heterocycles. The second-order valence-electron chi connectivity index (χ2n) is 1.47. The Balaban J connectivity index is -0.0000000600. The molecule has 1 aromatic rings. The van der Waals surface area contributed by atoms with Crippen molar-refractivity contribution >= 4 is 0 Å². The number of rotatable bonds is 0. The van der Waals surface area contributed by atoms with Crippen LogP contribution < -0.4 is 30.5 Å². The van der Waals surface area contributed by atoms with Gasteiger partial charge in [-0.15, -0.1) is 0 Å². The van der Waals surface area contributed by atoms with Gasteiger partial charge in [-0.05, 0) is 26.1 Å². The Hall–Kier alpha value is 0.378. The van der Waals surface area contributed by atoms with Crippen molar-refractivity contribution in [2.75, 3.05) is 7.05 Å². The van der Waals surface area contributed by atoms with Gasteiger partial charge in [0.2, 0.25) is 0 Å². The number of hydrogen-bond donors (Lipinski definition) is 1. The normalized spacial score (nSPS) is 5.58. The van der Waals surface area contributed by atoms with Gasteiger partial charge in [0.05, 0.1) is 0 Å². The number of aromatic nitrogens is 1. The molecule has 0 saturated carbocycles. The maximum Gasteiger partial charge on any atom is 2.00 e. The van der Waals surface area contributed by atoms with E-state index in [9.17, 15) is 0 Å². The molecule has 0 aliphatic carbocycles. The SMILES string of the molecule is CN.Cc1ccccn1.[Cl-].[Cl-].[Pt+2]. The molecular formula is C7H12Cl2N2Pt. The van der Waals surface area contributed by atoms with Crippen LogP contribution in [0.15, 0.2) is 24.4 Å². The first-order valence-electron chi connectivity index (χ1n) is 2.85. The third kappa shape index (κ3) is 13.0. The van der Waals surface area contributed by atoms with Crippen LogP contribution in [0.4, 0.5) is 0 Å². The second kappa shape index (κ2) is 17.5. The van der Waals surface area contributed by atoms with Gasteiger partial charge in [-0.3, -0.25) is 4.98 Å². The molecule has 0 atom stereocenters. The molecule has 0 aliphatic rings. The van der Waals surface area contributed by atoms with Crippen molar-refractivity contribution in [1.82, 2.24) is 4.98 Å². The molecule has 0 amide bonds. The maximum atomic E-state index is 4.50. The third-order valence-electron chi connectivity index (χ3n) is 0.813. The summed E-state index contributed by atoms with van der Waals surface area (Å²) in [5, 5.41) is 0. The Bertz CT molecular complexity index is 149. The molecule has 0 saturated heterocycles. The molecule has 1 rings (SSSR count). The number of nitrogens with zero attached hydrogens (tertiary/aromatic N) is 1. The minimum absolute atomic E-state index is 0. The van der Waals surface area contributed by atoms with E-state index in [0.717, 1.165) is 5.69 Å². The van der Waals surface area contributed by atoms with Crippen LogP contribution in [0.3, 0.4) is 0 Å². The Morgan fingerprint density at radius 1 is 1.17 bits per heavy atom. The number of aryl methyl sites for hydroxylation is 1. The molecule has 0 aliphatic heterocycles. The molecule has 0 unspecified atom stereocenters. The molecular weight excluding hydrogens is 378 g/mol. The fourth-order valence-corrected chi connectivity index (χ4v) is 0.448. The summed E-state index contributed by atoms with van der Waals surface area (Å²) in [5.74, 6) is 0. The summed E-state index contributed by atoms with van der Waals surface area (Å²) in [4.78, 5) is 3.98. The van der Waals surface area contributed by atoms with E-state index in [1.807, 2.05) is 25.1 Å². The molecule has 1 aromatic heterocycles. The summed E-state index contributed by atoms with van der Waals surface area (Å²) in [6.07, 6.45) is 1.79. The zero-order valence-corrected chi connectivity index (χ0v) is 10.7. The van der Waals surface area contributed by atoms with Crippen LogP contribution >= 0.6 is 0 Å². The monoisotopic (exact) mass is 389 g/mol. The van der Waals surface area contributed by atoms with Crippen molar-refractivity contribution in [3.63, 3.8) is 0 Å². The van der Waals surface area contributed by atoms with Crippen LogP contribution in [-0.2, 0) is 21.1 Å². The minimum Gasteiger partial charge on any atom is -1.00 e. The average molecular weight is 390 g/mol. The average Bonchev–Trinajstić information content (AvgIpc) is 1.94. The first-order valence-corrected chi connectivity index (χ1v) is 2.85. The zero-order chi connectivity index (χ0) is 7.11. The standard InChI is InChI=1S/C6H7N.CH5N.2ClH.Pt/c1-6-4-2-3-5-7-6;1-2;;;/h2-5H,1H3;2H2,1H3;2*1H;/q;;;;+2/p-2. The first-order chi connectivity index (χ1) is 4.39. The van der Waals surface area contributed by atoms with Crippen LogP contribution in [0.25, 0.3) is 0 Å². The summed E-state index contributed by atoms with van der Waals surface area (Å²) in [7, 11) is 1.50. The summed E-state index contributed by atoms with van der Waals surface area (Å²) in [6.45, 7) is 1.97. The van der Waals surface area contributed by atoms with Crippen LogP contribution in [0.5, 0.6) is 0 Å². The van der Waals surface area contributed by atoms with E-state index in [0.29, 0.717) is 0 Å². The fraction of sp³-hybridized carbons (Fsp3) is 0.286. The van der Waals surface area contributed by atoms with Crippen molar-refractivity contribution in [1.29, 1.82) is 0 Å². The molecule has 0 fully saturated rings. The Morgan fingerprint density at radius 3 is 1.83 bits per heavy atom. The Kier molecular flexibility index (Phi) is 33.2. The fourth-order valence-electron chi connectivity index (χ4n) is 0.448. The summed E-state index contributed by atoms with van der Waals surface area (Å²) in [5.41, 5.74) is 5.57. The summed E-state index contributed by atoms with van der Waals surface area (Å²) >= 11 is 0. The van der Waals surface area contributed by atoms with Gasteiger partial charge in [0.15, 0.2) is 0 Å². The molecule has 74 valence electrons. The molecule has 0 radical (unpaired) electrons. The van der Waals surface area contributed by atoms with Crippen LogP contribution in [0.1, 0.15) is 5.69 Å². The quantitative estimate of drug-likeness (QED) is 0.482. The van der Waals surface area contributed by atoms with Crippen molar-refractivity contribution in [2.45, 2.75) is 6.92 Å². The van der Waals surface area contributed by atoms with Crippen LogP contribution in [-0.4, -0.2) is 12.0 Å². The van der Waals surface area contributed by atoms with Gasteiger partial charge in [-0.25, -0.2) is 0 Å². The van der Waals surface area contributed by atoms with Gasteiger partial charge in [-0.2, -0.15) is 0 Å². The number of pyridine rings is 1. The minimum atomic E-state index is 0. The Morgan fingerprint density at radius 2 is 1.67 bits per heavy atom. The van der Waals surface area contributed by atoms with E-state index in [2.05, 4.69) is 10.7 Å². The van der Waals surface area contributed by atoms with E-state index in [1.165, 1.54) is 7.05 Å². The molecule has 5 heteroatoms. The van der Waals surface area contributed by atoms with Gasteiger partial charge in [-0.1, -0.05) is 6.07 Å². The predicted octanol–water partition coefficient (Wildman–Crippen LogP) is -5.03. The number of hydrogen-bond acceptors (Lipinski definition) is 2. The van der Waals surface area contributed by atoms with Crippen molar-refractivity contribution in [3.8, 4) is 0 Å². The van der Waals surface area contributed by atoms with Crippen molar-refractivity contribution < 1.29 is 45.9 Å². The van der Waals surface area contributed by atoms with Gasteiger partial charge >= 0.3 is 21.1 Å². The third-order valence-corrected chi connectivity index (χ3v) is 0.813. The van der Waals surface area contributed by atoms with E-state index in [4.69, 9.17) is 0 Å². The van der Waals surface area contributed by atoms with Crippen molar-refractivity contribution in [3.05, 3.63) is 30.1 Å². The molecule has 0 bridgehead atoms. The molecule has 2 N–H and O–H groups in total. The zero-order valence-electron chi connectivity index (χ0n) is 6.91. The second-order valence-corrected chi connectivity index (χ2v) is 1.47. The van der Waals surface area contributed by atoms with Gasteiger partial charge < -0.3 is 30.5 Å². The molecule has 2 nitrogen and oxygen atoms in total. The van der Waals surface area contributed by atoms with E-state index < -0.39 is 0 Å². The van der Waals surface area contributed by atoms with Gasteiger partial charge in [0, 0.05) is 11.9 Å². The number of nitrogens with two attached hydrogens (primary N) is 1. The van der Waals surface area contributed by atoms with Crippen molar-refractivity contribution in [2.24, 2.45) is 5.73 Å². The molecule has 0 spiro atoms.